The second-order valence-corrected chi connectivity index (χ2v) is 2.11. The van der Waals surface area contributed by atoms with Crippen LogP contribution in [0.2, 0.25) is 0 Å². The molecule has 0 unspecified atom stereocenters. The van der Waals surface area contributed by atoms with Gasteiger partial charge in [0.1, 0.15) is 0 Å². The van der Waals surface area contributed by atoms with E-state index >= 15 is 0 Å². The van der Waals surface area contributed by atoms with Gasteiger partial charge in [-0.15, -0.1) is 0 Å². The van der Waals surface area contributed by atoms with E-state index in [1.165, 1.54) is 5.12 Å². The smallest absolute Gasteiger partial charge is 0.0900 e. The molecule has 0 fully saturated rings. The van der Waals surface area contributed by atoms with Crippen LogP contribution in [0.25, 0.3) is 0 Å². The molecule has 1 aromatic carbocycles. The Labute approximate surface area is 68.1 Å². The Hall–Kier alpha value is -0.830. The van der Waals surface area contributed by atoms with E-state index in [1.54, 1.807) is 0 Å². The van der Waals surface area contributed by atoms with Crippen molar-refractivity contribution >= 4 is 26.7 Å². The Morgan fingerprint density at radius 3 is 2.60 bits per heavy atom. The van der Waals surface area contributed by atoms with Crippen LogP contribution >= 0.6 is 15.9 Å². The van der Waals surface area contributed by atoms with E-state index in [-0.39, 0.29) is 0 Å². The first-order valence-electron chi connectivity index (χ1n) is 2.86. The Morgan fingerprint density at radius 1 is 1.30 bits per heavy atom. The third-order valence-electron chi connectivity index (χ3n) is 1.02. The Kier molecular flexibility index (Phi) is 2.96. The van der Waals surface area contributed by atoms with Gasteiger partial charge in [-0.2, -0.15) is 5.10 Å². The first-order valence-corrected chi connectivity index (χ1v) is 3.78. The van der Waals surface area contributed by atoms with Crippen molar-refractivity contribution in [3.63, 3.8) is 0 Å². The van der Waals surface area contributed by atoms with Gasteiger partial charge in [-0.1, -0.05) is 18.2 Å². The maximum Gasteiger partial charge on any atom is 0.0900 e. The molecule has 0 heterocycles. The summed E-state index contributed by atoms with van der Waals surface area (Å²) < 4.78 is 0. The van der Waals surface area contributed by atoms with Crippen molar-refractivity contribution in [3.8, 4) is 0 Å². The lowest BCUT2D eigenvalue weighted by Crippen LogP contribution is -1.84. The molecule has 1 rings (SSSR count). The molecule has 0 spiro atoms. The van der Waals surface area contributed by atoms with Crippen LogP contribution in [0.5, 0.6) is 0 Å². The molecule has 0 atom stereocenters. The number of anilines is 1. The summed E-state index contributed by atoms with van der Waals surface area (Å²) in [6.45, 7) is 0. The molecular weight excluding hydrogens is 192 g/mol. The molecule has 0 aliphatic heterocycles. The largest absolute Gasteiger partial charge is 0.278 e. The fraction of sp³-hybridized carbons (Fsp3) is 0. The van der Waals surface area contributed by atoms with Crippen LogP contribution in [0.3, 0.4) is 0 Å². The predicted octanol–water partition coefficient (Wildman–Crippen LogP) is 2.44. The van der Waals surface area contributed by atoms with Gasteiger partial charge in [-0.05, 0) is 28.1 Å². The number of hydrazone groups is 1. The van der Waals surface area contributed by atoms with Gasteiger partial charge in [0.15, 0.2) is 0 Å². The van der Waals surface area contributed by atoms with E-state index in [1.807, 2.05) is 30.3 Å². The highest BCUT2D eigenvalue weighted by Crippen LogP contribution is 2.03. The third kappa shape index (κ3) is 2.19. The maximum atomic E-state index is 3.78. The minimum atomic E-state index is 0.984. The van der Waals surface area contributed by atoms with Crippen LogP contribution in [-0.4, -0.2) is 5.12 Å². The number of hydrogen-bond donors (Lipinski definition) is 1. The molecule has 0 radical (unpaired) electrons. The SMILES string of the molecule is Br/C=N\Nc1ccccc1. The summed E-state index contributed by atoms with van der Waals surface area (Å²) in [5.74, 6) is 0. The average molecular weight is 199 g/mol. The molecule has 52 valence electrons. The number of hydrogen-bond acceptors (Lipinski definition) is 2. The molecule has 0 aliphatic carbocycles. The average Bonchev–Trinajstić information content (AvgIpc) is 2.03. The van der Waals surface area contributed by atoms with Crippen LogP contribution < -0.4 is 5.43 Å². The van der Waals surface area contributed by atoms with Crippen molar-refractivity contribution in [1.29, 1.82) is 0 Å². The fourth-order valence-electron chi connectivity index (χ4n) is 0.612. The van der Waals surface area contributed by atoms with Crippen LogP contribution in [0.1, 0.15) is 0 Å². The zero-order chi connectivity index (χ0) is 7.23. The Morgan fingerprint density at radius 2 is 2.00 bits per heavy atom. The number of benzene rings is 1. The zero-order valence-corrected chi connectivity index (χ0v) is 6.88. The summed E-state index contributed by atoms with van der Waals surface area (Å²) in [5.41, 5.74) is 3.80. The molecule has 2 nitrogen and oxygen atoms in total. The third-order valence-corrected chi connectivity index (χ3v) is 1.22. The number of halogens is 1. The molecule has 0 aromatic heterocycles. The number of para-hydroxylation sites is 1. The number of rotatable bonds is 2. The Bertz CT molecular complexity index is 208. The highest BCUT2D eigenvalue weighted by atomic mass is 79.9. The summed E-state index contributed by atoms with van der Waals surface area (Å²) in [7, 11) is 0. The van der Waals surface area contributed by atoms with E-state index in [9.17, 15) is 0 Å². The predicted molar refractivity (Wildman–Crippen MR) is 47.5 cm³/mol. The molecule has 1 N–H and O–H groups in total. The molecule has 0 saturated carbocycles. The van der Waals surface area contributed by atoms with Gasteiger partial charge >= 0.3 is 0 Å². The van der Waals surface area contributed by atoms with Gasteiger partial charge < -0.3 is 0 Å². The van der Waals surface area contributed by atoms with E-state index in [2.05, 4.69) is 26.5 Å². The van der Waals surface area contributed by atoms with Gasteiger partial charge in [0.25, 0.3) is 0 Å². The van der Waals surface area contributed by atoms with Gasteiger partial charge in [-0.3, -0.25) is 5.43 Å². The lowest BCUT2D eigenvalue weighted by molar-refractivity contribution is 1.36. The quantitative estimate of drug-likeness (QED) is 0.574. The van der Waals surface area contributed by atoms with Crippen molar-refractivity contribution in [3.05, 3.63) is 30.3 Å². The minimum Gasteiger partial charge on any atom is -0.278 e. The minimum absolute atomic E-state index is 0.984. The molecule has 0 saturated heterocycles. The molecule has 3 heteroatoms. The van der Waals surface area contributed by atoms with Crippen LogP contribution in [0.15, 0.2) is 35.4 Å². The van der Waals surface area contributed by atoms with Gasteiger partial charge in [0.2, 0.25) is 0 Å². The second kappa shape index (κ2) is 4.06. The highest BCUT2D eigenvalue weighted by Gasteiger charge is 1.81. The lowest BCUT2D eigenvalue weighted by atomic mass is 10.3. The van der Waals surface area contributed by atoms with Crippen LogP contribution in [0.4, 0.5) is 5.69 Å². The molecule has 0 bridgehead atoms. The highest BCUT2D eigenvalue weighted by molar-refractivity contribution is 9.17. The number of nitrogens with one attached hydrogen (secondary N) is 1. The van der Waals surface area contributed by atoms with Gasteiger partial charge in [0, 0.05) is 0 Å². The van der Waals surface area contributed by atoms with Crippen molar-refractivity contribution < 1.29 is 0 Å². The van der Waals surface area contributed by atoms with Gasteiger partial charge in [-0.25, -0.2) is 0 Å². The van der Waals surface area contributed by atoms with E-state index in [0.717, 1.165) is 5.69 Å². The summed E-state index contributed by atoms with van der Waals surface area (Å²) in [6, 6.07) is 9.75. The summed E-state index contributed by atoms with van der Waals surface area (Å²) in [6.07, 6.45) is 0. The molecular formula is C7H7BrN2. The van der Waals surface area contributed by atoms with E-state index in [0.29, 0.717) is 0 Å². The maximum absolute atomic E-state index is 3.78. The molecule has 0 amide bonds. The Balaban J connectivity index is 2.59. The van der Waals surface area contributed by atoms with Crippen molar-refractivity contribution in [2.24, 2.45) is 5.10 Å². The zero-order valence-electron chi connectivity index (χ0n) is 5.29. The van der Waals surface area contributed by atoms with Crippen molar-refractivity contribution in [2.45, 2.75) is 0 Å². The standard InChI is InChI=1S/C7H7BrN2/c8-6-9-10-7-4-2-1-3-5-7/h1-6,10H/b9-6-. The fourth-order valence-corrected chi connectivity index (χ4v) is 0.714. The van der Waals surface area contributed by atoms with Crippen LogP contribution in [-0.2, 0) is 0 Å². The molecule has 10 heavy (non-hydrogen) atoms. The first-order chi connectivity index (χ1) is 4.93. The van der Waals surface area contributed by atoms with E-state index in [4.69, 9.17) is 0 Å². The lowest BCUT2D eigenvalue weighted by Gasteiger charge is -1.95. The monoisotopic (exact) mass is 198 g/mol. The summed E-state index contributed by atoms with van der Waals surface area (Å²) in [4.78, 5) is 0. The van der Waals surface area contributed by atoms with E-state index < -0.39 is 0 Å². The topological polar surface area (TPSA) is 24.4 Å². The first kappa shape index (κ1) is 7.28. The van der Waals surface area contributed by atoms with Crippen LogP contribution in [0, 0.1) is 0 Å². The normalized spacial score (nSPS) is 10.1. The van der Waals surface area contributed by atoms with Crippen molar-refractivity contribution in [1.82, 2.24) is 0 Å². The summed E-state index contributed by atoms with van der Waals surface area (Å²) in [5, 5.41) is 5.31. The second-order valence-electron chi connectivity index (χ2n) is 1.70. The summed E-state index contributed by atoms with van der Waals surface area (Å²) >= 11 is 3.05. The molecule has 0 aliphatic rings. The molecule has 1 aromatic rings. The van der Waals surface area contributed by atoms with Gasteiger partial charge in [0.05, 0.1) is 10.8 Å². The number of nitrogens with zero attached hydrogens (tertiary/aromatic N) is 1. The van der Waals surface area contributed by atoms with Crippen molar-refractivity contribution in [2.75, 3.05) is 5.43 Å².